The van der Waals surface area contributed by atoms with Crippen molar-refractivity contribution in [2.45, 2.75) is 71.4 Å². The highest BCUT2D eigenvalue weighted by Gasteiger charge is 2.37. The molecule has 0 spiro atoms. The largest absolute Gasteiger partial charge is 0.413 e. The van der Waals surface area contributed by atoms with Crippen LogP contribution in [0.2, 0.25) is 18.1 Å². The summed E-state index contributed by atoms with van der Waals surface area (Å²) in [5, 5.41) is 9.83. The zero-order chi connectivity index (χ0) is 16.7. The first-order chi connectivity index (χ1) is 9.49. The molecule has 5 heteroatoms. The van der Waals surface area contributed by atoms with Gasteiger partial charge < -0.3 is 19.0 Å². The quantitative estimate of drug-likeness (QED) is 0.400. The third-order valence-electron chi connectivity index (χ3n) is 3.90. The number of ether oxygens (including phenoxy) is 2. The van der Waals surface area contributed by atoms with Gasteiger partial charge in [-0.1, -0.05) is 26.8 Å². The van der Waals surface area contributed by atoms with E-state index in [9.17, 15) is 5.11 Å². The highest BCUT2D eigenvalue weighted by molar-refractivity contribution is 6.74. The van der Waals surface area contributed by atoms with Gasteiger partial charge in [0.2, 0.25) is 0 Å². The van der Waals surface area contributed by atoms with E-state index in [0.29, 0.717) is 13.0 Å². The number of rotatable bonds is 9. The molecule has 0 heterocycles. The van der Waals surface area contributed by atoms with Gasteiger partial charge in [0.15, 0.2) is 8.32 Å². The molecule has 0 saturated heterocycles. The summed E-state index contributed by atoms with van der Waals surface area (Å²) < 4.78 is 16.6. The molecule has 1 N–H and O–H groups in total. The molecular weight excluding hydrogens is 284 g/mol. The van der Waals surface area contributed by atoms with Crippen molar-refractivity contribution in [3.05, 3.63) is 11.6 Å². The summed E-state index contributed by atoms with van der Waals surface area (Å²) in [6, 6.07) is 0. The molecule has 0 bridgehead atoms. The molecule has 0 aromatic rings. The van der Waals surface area contributed by atoms with Crippen LogP contribution in [0.5, 0.6) is 0 Å². The number of hydrogen-bond donors (Lipinski definition) is 1. The molecule has 126 valence electrons. The van der Waals surface area contributed by atoms with Crippen LogP contribution in [0.3, 0.4) is 0 Å². The second kappa shape index (κ2) is 9.05. The van der Waals surface area contributed by atoms with Gasteiger partial charge in [-0.05, 0) is 44.0 Å². The van der Waals surface area contributed by atoms with Crippen LogP contribution in [0.4, 0.5) is 0 Å². The topological polar surface area (TPSA) is 47.9 Å². The molecule has 0 aromatic carbocycles. The highest BCUT2D eigenvalue weighted by atomic mass is 28.4. The monoisotopic (exact) mass is 318 g/mol. The van der Waals surface area contributed by atoms with Crippen molar-refractivity contribution in [3.63, 3.8) is 0 Å². The lowest BCUT2D eigenvalue weighted by Gasteiger charge is -2.36. The summed E-state index contributed by atoms with van der Waals surface area (Å²) in [7, 11) is -0.178. The van der Waals surface area contributed by atoms with Gasteiger partial charge in [-0.15, -0.1) is 0 Å². The lowest BCUT2D eigenvalue weighted by atomic mass is 10.1. The summed E-state index contributed by atoms with van der Waals surface area (Å²) in [6.45, 7) is 15.7. The molecule has 0 rings (SSSR count). The molecule has 0 amide bonds. The number of aliphatic hydroxyl groups is 1. The Bertz CT molecular complexity index is 319. The summed E-state index contributed by atoms with van der Waals surface area (Å²) in [6.07, 6.45) is 2.20. The van der Waals surface area contributed by atoms with Crippen LogP contribution in [-0.4, -0.2) is 46.1 Å². The fraction of sp³-hybridized carbons (Fsp3) is 0.875. The van der Waals surface area contributed by atoms with E-state index in [2.05, 4.69) is 33.9 Å². The van der Waals surface area contributed by atoms with Crippen LogP contribution in [0.15, 0.2) is 11.6 Å². The van der Waals surface area contributed by atoms with Crippen molar-refractivity contribution in [2.75, 3.05) is 20.5 Å². The smallest absolute Gasteiger partial charge is 0.192 e. The van der Waals surface area contributed by atoms with E-state index >= 15 is 0 Å². The zero-order valence-corrected chi connectivity index (χ0v) is 16.0. The molecule has 0 unspecified atom stereocenters. The van der Waals surface area contributed by atoms with Crippen molar-refractivity contribution < 1.29 is 19.0 Å². The third kappa shape index (κ3) is 8.73. The molecule has 2 atom stereocenters. The SMILES string of the molecule is COCO[C@H](C)/C=C(/CO[Si](C)(C)C(C)(C)C)C[C@@H](C)O. The van der Waals surface area contributed by atoms with Crippen molar-refractivity contribution in [1.29, 1.82) is 0 Å². The molecular formula is C16H34O4Si. The van der Waals surface area contributed by atoms with E-state index in [-0.39, 0.29) is 24.0 Å². The molecule has 0 saturated carbocycles. The Hall–Kier alpha value is -0.203. The van der Waals surface area contributed by atoms with Crippen LogP contribution in [0, 0.1) is 0 Å². The minimum atomic E-state index is -1.78. The summed E-state index contributed by atoms with van der Waals surface area (Å²) in [4.78, 5) is 0. The molecule has 4 nitrogen and oxygen atoms in total. The zero-order valence-electron chi connectivity index (χ0n) is 15.0. The van der Waals surface area contributed by atoms with Gasteiger partial charge in [0.1, 0.15) is 6.79 Å². The maximum absolute atomic E-state index is 9.65. The van der Waals surface area contributed by atoms with Crippen LogP contribution in [0.1, 0.15) is 41.0 Å². The minimum Gasteiger partial charge on any atom is -0.413 e. The first-order valence-corrected chi connectivity index (χ1v) is 10.5. The highest BCUT2D eigenvalue weighted by Crippen LogP contribution is 2.36. The van der Waals surface area contributed by atoms with Crippen LogP contribution in [-0.2, 0) is 13.9 Å². The van der Waals surface area contributed by atoms with Gasteiger partial charge in [0.05, 0.1) is 18.8 Å². The van der Waals surface area contributed by atoms with E-state index in [1.165, 1.54) is 0 Å². The lowest BCUT2D eigenvalue weighted by molar-refractivity contribution is -0.0499. The molecule has 21 heavy (non-hydrogen) atoms. The van der Waals surface area contributed by atoms with Gasteiger partial charge >= 0.3 is 0 Å². The molecule has 0 aromatic heterocycles. The average Bonchev–Trinajstić information content (AvgIpc) is 2.31. The fourth-order valence-electron chi connectivity index (χ4n) is 1.60. The standard InChI is InChI=1S/C16H34O4Si/c1-13(17)9-15(10-14(2)19-12-18-6)11-20-21(7,8)16(3,4)5/h10,13-14,17H,9,11-12H2,1-8H3/b15-10+/t13-,14-/m1/s1. The Morgan fingerprint density at radius 3 is 2.24 bits per heavy atom. The number of hydrogen-bond acceptors (Lipinski definition) is 4. The fourth-order valence-corrected chi connectivity index (χ4v) is 2.58. The summed E-state index contributed by atoms with van der Waals surface area (Å²) >= 11 is 0. The Kier molecular flexibility index (Phi) is 8.97. The molecule has 0 aliphatic heterocycles. The lowest BCUT2D eigenvalue weighted by Crippen LogP contribution is -2.41. The van der Waals surface area contributed by atoms with Gasteiger partial charge in [0.25, 0.3) is 0 Å². The van der Waals surface area contributed by atoms with E-state index < -0.39 is 8.32 Å². The Morgan fingerprint density at radius 2 is 1.81 bits per heavy atom. The maximum Gasteiger partial charge on any atom is 0.192 e. The van der Waals surface area contributed by atoms with Gasteiger partial charge in [-0.2, -0.15) is 0 Å². The van der Waals surface area contributed by atoms with Crippen molar-refractivity contribution >= 4 is 8.32 Å². The van der Waals surface area contributed by atoms with E-state index in [1.54, 1.807) is 14.0 Å². The Morgan fingerprint density at radius 1 is 1.24 bits per heavy atom. The first kappa shape index (κ1) is 20.8. The van der Waals surface area contributed by atoms with E-state index in [1.807, 2.05) is 13.0 Å². The summed E-state index contributed by atoms with van der Waals surface area (Å²) in [5.41, 5.74) is 1.08. The third-order valence-corrected chi connectivity index (χ3v) is 8.38. The minimum absolute atomic E-state index is 0.0540. The molecule has 0 aliphatic carbocycles. The predicted octanol–water partition coefficient (Wildman–Crippen LogP) is 3.71. The van der Waals surface area contributed by atoms with E-state index in [4.69, 9.17) is 13.9 Å². The molecule has 0 aliphatic rings. The second-order valence-electron chi connectivity index (χ2n) is 7.21. The average molecular weight is 319 g/mol. The number of methoxy groups -OCH3 is 1. The Labute approximate surface area is 131 Å². The maximum atomic E-state index is 9.65. The van der Waals surface area contributed by atoms with Gasteiger partial charge in [-0.25, -0.2) is 0 Å². The van der Waals surface area contributed by atoms with Gasteiger partial charge in [-0.3, -0.25) is 0 Å². The normalized spacial score (nSPS) is 16.9. The van der Waals surface area contributed by atoms with Crippen molar-refractivity contribution in [1.82, 2.24) is 0 Å². The number of aliphatic hydroxyl groups excluding tert-OH is 1. The Balaban J connectivity index is 4.74. The van der Waals surface area contributed by atoms with E-state index in [0.717, 1.165) is 5.57 Å². The first-order valence-electron chi connectivity index (χ1n) is 7.61. The predicted molar refractivity (Wildman–Crippen MR) is 90.0 cm³/mol. The molecule has 0 radical (unpaired) electrons. The van der Waals surface area contributed by atoms with Crippen LogP contribution in [0.25, 0.3) is 0 Å². The summed E-state index contributed by atoms with van der Waals surface area (Å²) in [5.74, 6) is 0. The van der Waals surface area contributed by atoms with Crippen LogP contribution >= 0.6 is 0 Å². The van der Waals surface area contributed by atoms with Crippen molar-refractivity contribution in [3.8, 4) is 0 Å². The van der Waals surface area contributed by atoms with Gasteiger partial charge in [0, 0.05) is 7.11 Å². The van der Waals surface area contributed by atoms with Crippen LogP contribution < -0.4 is 0 Å². The second-order valence-corrected chi connectivity index (χ2v) is 12.0. The molecule has 0 fully saturated rings. The van der Waals surface area contributed by atoms with Crippen molar-refractivity contribution in [2.24, 2.45) is 0 Å².